The molecule has 4 aromatic carbocycles. The normalized spacial score (nSPS) is 15.0. The summed E-state index contributed by atoms with van der Waals surface area (Å²) in [5.74, 6) is -0.153. The molecule has 0 N–H and O–H groups in total. The molecule has 1 amide bonds. The van der Waals surface area contributed by atoms with Crippen LogP contribution in [-0.4, -0.2) is 11.0 Å². The molecule has 4 aromatic rings. The van der Waals surface area contributed by atoms with Crippen LogP contribution in [0.5, 0.6) is 0 Å². The quantitative estimate of drug-likeness (QED) is 0.328. The number of rotatable bonds is 5. The van der Waals surface area contributed by atoms with Gasteiger partial charge < -0.3 is 0 Å². The molecule has 5 rings (SSSR count). The van der Waals surface area contributed by atoms with Crippen molar-refractivity contribution in [2.45, 2.75) is 11.6 Å². The highest BCUT2D eigenvalue weighted by Gasteiger charge is 2.59. The third-order valence-electron chi connectivity index (χ3n) is 5.70. The number of hydrogen-bond acceptors (Lipinski definition) is 2. The smallest absolute Gasteiger partial charge is 0.268 e. The Morgan fingerprint density at radius 2 is 1.03 bits per heavy atom. The van der Waals surface area contributed by atoms with Crippen molar-refractivity contribution >= 4 is 29.1 Å². The minimum atomic E-state index is -1.27. The van der Waals surface area contributed by atoms with E-state index in [1.807, 2.05) is 84.9 Å². The Labute approximate surface area is 196 Å². The molecule has 0 aromatic heterocycles. The lowest BCUT2D eigenvalue weighted by molar-refractivity contribution is -0.311. The van der Waals surface area contributed by atoms with E-state index in [1.54, 1.807) is 24.3 Å². The summed E-state index contributed by atoms with van der Waals surface area (Å²) in [6, 6.07) is 33.7. The molecule has 0 spiro atoms. The van der Waals surface area contributed by atoms with E-state index in [4.69, 9.17) is 28.0 Å². The van der Waals surface area contributed by atoms with Crippen molar-refractivity contribution < 1.29 is 9.63 Å². The molecule has 0 saturated carbocycles. The molecule has 0 bridgehead atoms. The van der Waals surface area contributed by atoms with Crippen molar-refractivity contribution in [2.24, 2.45) is 0 Å². The number of carbonyl (C=O) groups excluding carboxylic acids is 1. The summed E-state index contributed by atoms with van der Waals surface area (Å²) in [6.45, 7) is 0. The highest BCUT2D eigenvalue weighted by atomic mass is 35.5. The molecule has 0 unspecified atom stereocenters. The Balaban J connectivity index is 1.61. The van der Waals surface area contributed by atoms with E-state index in [2.05, 4.69) is 0 Å². The molecule has 0 atom stereocenters. The topological polar surface area (TPSA) is 29.5 Å². The number of benzene rings is 4. The SMILES string of the molecule is O=C1N(C(c2ccccc2)c2ccccc2)OC1(c1ccc(Cl)cc1)c1ccc(Cl)cc1. The number of amides is 1. The number of hydroxylamine groups is 2. The van der Waals surface area contributed by atoms with Crippen molar-refractivity contribution in [1.82, 2.24) is 5.06 Å². The fourth-order valence-corrected chi connectivity index (χ4v) is 4.39. The zero-order valence-electron chi connectivity index (χ0n) is 17.0. The molecule has 5 heteroatoms. The fourth-order valence-electron chi connectivity index (χ4n) is 4.14. The van der Waals surface area contributed by atoms with Gasteiger partial charge in [-0.25, -0.2) is 9.90 Å². The van der Waals surface area contributed by atoms with Gasteiger partial charge in [0, 0.05) is 21.2 Å². The third-order valence-corrected chi connectivity index (χ3v) is 6.21. The van der Waals surface area contributed by atoms with Crippen LogP contribution in [0.3, 0.4) is 0 Å². The average Bonchev–Trinajstić information content (AvgIpc) is 2.84. The van der Waals surface area contributed by atoms with Gasteiger partial charge in [0.25, 0.3) is 5.91 Å². The first kappa shape index (κ1) is 20.8. The average molecular weight is 460 g/mol. The Hall–Kier alpha value is -3.11. The van der Waals surface area contributed by atoms with E-state index in [1.165, 1.54) is 5.06 Å². The second-order valence-corrected chi connectivity index (χ2v) is 8.51. The maximum Gasteiger partial charge on any atom is 0.291 e. The van der Waals surface area contributed by atoms with Crippen LogP contribution in [0.15, 0.2) is 109 Å². The summed E-state index contributed by atoms with van der Waals surface area (Å²) in [5.41, 5.74) is 2.09. The maximum atomic E-state index is 14.0. The van der Waals surface area contributed by atoms with Crippen LogP contribution in [0.4, 0.5) is 0 Å². The Kier molecular flexibility index (Phi) is 5.48. The van der Waals surface area contributed by atoms with Crippen LogP contribution in [0.2, 0.25) is 10.0 Å². The maximum absolute atomic E-state index is 14.0. The van der Waals surface area contributed by atoms with Gasteiger partial charge in [0.1, 0.15) is 6.04 Å². The molecule has 158 valence electrons. The molecular formula is C27H19Cl2NO2. The molecule has 0 radical (unpaired) electrons. The molecule has 1 aliphatic heterocycles. The minimum Gasteiger partial charge on any atom is -0.268 e. The van der Waals surface area contributed by atoms with Crippen LogP contribution >= 0.6 is 23.2 Å². The molecule has 1 heterocycles. The molecule has 1 saturated heterocycles. The van der Waals surface area contributed by atoms with Gasteiger partial charge in [0.05, 0.1) is 0 Å². The second-order valence-electron chi connectivity index (χ2n) is 7.64. The molecule has 1 aliphatic rings. The predicted molar refractivity (Wildman–Crippen MR) is 126 cm³/mol. The van der Waals surface area contributed by atoms with Gasteiger partial charge in [0.15, 0.2) is 0 Å². The van der Waals surface area contributed by atoms with Gasteiger partial charge >= 0.3 is 0 Å². The number of carbonyl (C=O) groups is 1. The Bertz CT molecular complexity index is 1140. The summed E-state index contributed by atoms with van der Waals surface area (Å²) < 4.78 is 0. The van der Waals surface area contributed by atoms with Gasteiger partial charge in [-0.3, -0.25) is 4.79 Å². The minimum absolute atomic E-state index is 0.153. The van der Waals surface area contributed by atoms with Crippen molar-refractivity contribution in [3.63, 3.8) is 0 Å². The van der Waals surface area contributed by atoms with Crippen molar-refractivity contribution in [1.29, 1.82) is 0 Å². The second kappa shape index (κ2) is 8.44. The Morgan fingerprint density at radius 1 is 0.625 bits per heavy atom. The van der Waals surface area contributed by atoms with Crippen LogP contribution in [0.25, 0.3) is 0 Å². The zero-order valence-corrected chi connectivity index (χ0v) is 18.5. The van der Waals surface area contributed by atoms with E-state index < -0.39 is 5.60 Å². The van der Waals surface area contributed by atoms with Gasteiger partial charge in [0.2, 0.25) is 5.60 Å². The molecule has 0 aliphatic carbocycles. The summed E-state index contributed by atoms with van der Waals surface area (Å²) in [4.78, 5) is 20.4. The summed E-state index contributed by atoms with van der Waals surface area (Å²) in [6.07, 6.45) is 0. The number of halogens is 2. The lowest BCUT2D eigenvalue weighted by Crippen LogP contribution is -2.63. The van der Waals surface area contributed by atoms with Crippen LogP contribution < -0.4 is 0 Å². The largest absolute Gasteiger partial charge is 0.291 e. The van der Waals surface area contributed by atoms with E-state index in [-0.39, 0.29) is 11.9 Å². The van der Waals surface area contributed by atoms with Gasteiger partial charge in [-0.1, -0.05) is 108 Å². The van der Waals surface area contributed by atoms with Crippen molar-refractivity contribution in [3.8, 4) is 0 Å². The number of hydrogen-bond donors (Lipinski definition) is 0. The fraction of sp³-hybridized carbons (Fsp3) is 0.0741. The van der Waals surface area contributed by atoms with Crippen molar-refractivity contribution in [2.75, 3.05) is 0 Å². The van der Waals surface area contributed by atoms with Crippen LogP contribution in [0.1, 0.15) is 28.3 Å². The monoisotopic (exact) mass is 459 g/mol. The van der Waals surface area contributed by atoms with Crippen molar-refractivity contribution in [3.05, 3.63) is 141 Å². The van der Waals surface area contributed by atoms with Crippen LogP contribution in [-0.2, 0) is 15.2 Å². The van der Waals surface area contributed by atoms with E-state index in [0.29, 0.717) is 21.2 Å². The summed E-state index contributed by atoms with van der Waals surface area (Å²) in [5, 5.41) is 2.65. The van der Waals surface area contributed by atoms with Gasteiger partial charge in [-0.15, -0.1) is 0 Å². The van der Waals surface area contributed by atoms with E-state index in [0.717, 1.165) is 11.1 Å². The molecule has 1 fully saturated rings. The summed E-state index contributed by atoms with van der Waals surface area (Å²) in [7, 11) is 0. The number of nitrogens with zero attached hydrogens (tertiary/aromatic N) is 1. The van der Waals surface area contributed by atoms with Gasteiger partial charge in [-0.05, 0) is 35.4 Å². The van der Waals surface area contributed by atoms with E-state index in [9.17, 15) is 4.79 Å². The van der Waals surface area contributed by atoms with Crippen LogP contribution in [0, 0.1) is 0 Å². The summed E-state index contributed by atoms with van der Waals surface area (Å²) >= 11 is 12.2. The first-order chi connectivity index (χ1) is 15.6. The zero-order chi connectivity index (χ0) is 22.1. The third kappa shape index (κ3) is 3.49. The molecule has 32 heavy (non-hydrogen) atoms. The lowest BCUT2D eigenvalue weighted by Gasteiger charge is -2.51. The predicted octanol–water partition coefficient (Wildman–Crippen LogP) is 6.80. The molecule has 3 nitrogen and oxygen atoms in total. The first-order valence-electron chi connectivity index (χ1n) is 10.2. The lowest BCUT2D eigenvalue weighted by atomic mass is 9.82. The standard InChI is InChI=1S/C27H19Cl2NO2/c28-23-15-11-21(12-16-23)27(22-13-17-24(29)18-14-22)26(31)30(32-27)25(19-7-3-1-4-8-19)20-9-5-2-6-10-20/h1-18,25H. The van der Waals surface area contributed by atoms with Gasteiger partial charge in [-0.2, -0.15) is 0 Å². The van der Waals surface area contributed by atoms with E-state index >= 15 is 0 Å². The Morgan fingerprint density at radius 3 is 1.41 bits per heavy atom. The first-order valence-corrected chi connectivity index (χ1v) is 11.0. The highest BCUT2D eigenvalue weighted by molar-refractivity contribution is 6.30. The molecular weight excluding hydrogens is 441 g/mol. The highest BCUT2D eigenvalue weighted by Crippen LogP contribution is 2.49.